The third-order valence-corrected chi connectivity index (χ3v) is 4.11. The lowest BCUT2D eigenvalue weighted by atomic mass is 10.0. The highest BCUT2D eigenvalue weighted by atomic mass is 19.1. The molecule has 0 saturated carbocycles. The highest BCUT2D eigenvalue weighted by Gasteiger charge is 2.19. The van der Waals surface area contributed by atoms with Crippen LogP contribution >= 0.6 is 0 Å². The van der Waals surface area contributed by atoms with E-state index in [0.29, 0.717) is 5.56 Å². The maximum absolute atomic E-state index is 14.0. The number of rotatable bonds is 9. The number of aliphatic carboxylic acids is 1. The zero-order valence-electron chi connectivity index (χ0n) is 15.7. The van der Waals surface area contributed by atoms with Crippen molar-refractivity contribution in [2.45, 2.75) is 25.3 Å². The van der Waals surface area contributed by atoms with Crippen LogP contribution in [0, 0.1) is 17.0 Å². The monoisotopic (exact) mass is 418 g/mol. The molecule has 158 valence electrons. The molecule has 0 radical (unpaired) electrons. The molecule has 0 aliphatic rings. The van der Waals surface area contributed by atoms with Crippen molar-refractivity contribution >= 4 is 29.3 Å². The number of carbonyl (C=O) groups is 3. The van der Waals surface area contributed by atoms with Gasteiger partial charge in [0.1, 0.15) is 23.2 Å². The minimum atomic E-state index is -1.11. The molecule has 0 spiro atoms. The minimum absolute atomic E-state index is 0.173. The summed E-state index contributed by atoms with van der Waals surface area (Å²) >= 11 is 0. The lowest BCUT2D eigenvalue weighted by Crippen LogP contribution is -2.30. The van der Waals surface area contributed by atoms with E-state index in [2.05, 4.69) is 5.32 Å². The van der Waals surface area contributed by atoms with Crippen molar-refractivity contribution in [2.24, 2.45) is 5.73 Å². The number of halogens is 2. The fraction of sp³-hybridized carbons (Fsp3) is 0.200. The molecule has 0 aliphatic heterocycles. The Morgan fingerprint density at radius 1 is 1.03 bits per heavy atom. The molecule has 1 unspecified atom stereocenters. The molecule has 8 nitrogen and oxygen atoms in total. The highest BCUT2D eigenvalue weighted by molar-refractivity contribution is 5.97. The Kier molecular flexibility index (Phi) is 7.56. The van der Waals surface area contributed by atoms with Crippen LogP contribution in [-0.4, -0.2) is 28.7 Å². The number of hydrogen-bond acceptors (Lipinski definition) is 4. The summed E-state index contributed by atoms with van der Waals surface area (Å²) in [7, 11) is 0. The third-order valence-electron chi connectivity index (χ3n) is 4.11. The highest BCUT2D eigenvalue weighted by Crippen LogP contribution is 2.21. The van der Waals surface area contributed by atoms with Gasteiger partial charge < -0.3 is 21.5 Å². The number of nitrogens with two attached hydrogens (primary N) is 1. The van der Waals surface area contributed by atoms with Crippen LogP contribution < -0.4 is 16.4 Å². The predicted octanol–water partition coefficient (Wildman–Crippen LogP) is 2.30. The van der Waals surface area contributed by atoms with E-state index in [9.17, 15) is 23.2 Å². The summed E-state index contributed by atoms with van der Waals surface area (Å²) < 4.78 is 27.9. The number of carboxylic acids is 1. The normalized spacial score (nSPS) is 11.4. The Morgan fingerprint density at radius 3 is 2.13 bits per heavy atom. The summed E-state index contributed by atoms with van der Waals surface area (Å²) in [6, 6.07) is 9.30. The van der Waals surface area contributed by atoms with Crippen LogP contribution in [0.2, 0.25) is 0 Å². The molecule has 0 saturated heterocycles. The van der Waals surface area contributed by atoms with Gasteiger partial charge in [-0.25, -0.2) is 8.78 Å². The van der Waals surface area contributed by atoms with Crippen LogP contribution in [-0.2, 0) is 14.4 Å². The van der Waals surface area contributed by atoms with E-state index >= 15 is 0 Å². The van der Waals surface area contributed by atoms with E-state index in [0.717, 1.165) is 12.1 Å². The number of amides is 2. The summed E-state index contributed by atoms with van der Waals surface area (Å²) in [5.41, 5.74) is 4.88. The number of hydrogen-bond donors (Lipinski definition) is 5. The molecule has 30 heavy (non-hydrogen) atoms. The SMILES string of the molecule is N=C(N)c1cc(F)c(NC(=O)CCC(=O)NC(CC(=O)O)c2ccccc2)c(F)c1. The van der Waals surface area contributed by atoms with E-state index < -0.39 is 47.0 Å². The van der Waals surface area contributed by atoms with Crippen LogP contribution in [0.1, 0.15) is 36.4 Å². The fourth-order valence-corrected chi connectivity index (χ4v) is 2.66. The van der Waals surface area contributed by atoms with E-state index in [1.54, 1.807) is 30.3 Å². The lowest BCUT2D eigenvalue weighted by molar-refractivity contribution is -0.138. The summed E-state index contributed by atoms with van der Waals surface area (Å²) in [6.07, 6.45) is -1.04. The van der Waals surface area contributed by atoms with Gasteiger partial charge in [-0.3, -0.25) is 19.8 Å². The first-order chi connectivity index (χ1) is 14.2. The molecular formula is C20H20F2N4O4. The fourth-order valence-electron chi connectivity index (χ4n) is 2.66. The molecule has 0 fully saturated rings. The van der Waals surface area contributed by atoms with E-state index in [4.69, 9.17) is 16.2 Å². The van der Waals surface area contributed by atoms with Gasteiger partial charge in [0.2, 0.25) is 11.8 Å². The van der Waals surface area contributed by atoms with Gasteiger partial charge in [-0.05, 0) is 17.7 Å². The Balaban J connectivity index is 1.96. The van der Waals surface area contributed by atoms with Crippen molar-refractivity contribution in [3.8, 4) is 0 Å². The van der Waals surface area contributed by atoms with Gasteiger partial charge in [0, 0.05) is 18.4 Å². The molecule has 2 amide bonds. The van der Waals surface area contributed by atoms with E-state index in [1.807, 2.05) is 5.32 Å². The van der Waals surface area contributed by atoms with Gasteiger partial charge >= 0.3 is 5.97 Å². The van der Waals surface area contributed by atoms with Crippen LogP contribution in [0.25, 0.3) is 0 Å². The zero-order valence-corrected chi connectivity index (χ0v) is 15.7. The number of carbonyl (C=O) groups excluding carboxylic acids is 2. The van der Waals surface area contributed by atoms with Crippen LogP contribution in [0.5, 0.6) is 0 Å². The van der Waals surface area contributed by atoms with Crippen LogP contribution in [0.15, 0.2) is 42.5 Å². The number of carboxylic acid groups (broad SMARTS) is 1. The minimum Gasteiger partial charge on any atom is -0.481 e. The molecule has 2 rings (SSSR count). The average molecular weight is 418 g/mol. The topological polar surface area (TPSA) is 145 Å². The first-order valence-corrected chi connectivity index (χ1v) is 8.86. The lowest BCUT2D eigenvalue weighted by Gasteiger charge is -2.17. The van der Waals surface area contributed by atoms with Crippen LogP contribution in [0.4, 0.5) is 14.5 Å². The van der Waals surface area contributed by atoms with Gasteiger partial charge in [-0.2, -0.15) is 0 Å². The smallest absolute Gasteiger partial charge is 0.305 e. The summed E-state index contributed by atoms with van der Waals surface area (Å²) in [6.45, 7) is 0. The van der Waals surface area contributed by atoms with Gasteiger partial charge in [0.15, 0.2) is 0 Å². The molecular weight excluding hydrogens is 398 g/mol. The second-order valence-corrected chi connectivity index (χ2v) is 6.41. The largest absolute Gasteiger partial charge is 0.481 e. The van der Waals surface area contributed by atoms with Crippen molar-refractivity contribution in [1.29, 1.82) is 5.41 Å². The predicted molar refractivity (Wildman–Crippen MR) is 105 cm³/mol. The molecule has 2 aromatic rings. The second-order valence-electron chi connectivity index (χ2n) is 6.41. The number of nitrogen functional groups attached to an aromatic ring is 1. The maximum Gasteiger partial charge on any atom is 0.305 e. The molecule has 10 heteroatoms. The van der Waals surface area contributed by atoms with Crippen molar-refractivity contribution in [1.82, 2.24) is 5.32 Å². The summed E-state index contributed by atoms with van der Waals surface area (Å²) in [4.78, 5) is 35.2. The van der Waals surface area contributed by atoms with E-state index in [-0.39, 0.29) is 24.8 Å². The molecule has 0 bridgehead atoms. The van der Waals surface area contributed by atoms with Crippen LogP contribution in [0.3, 0.4) is 0 Å². The number of benzene rings is 2. The van der Waals surface area contributed by atoms with Crippen molar-refractivity contribution in [2.75, 3.05) is 5.32 Å². The number of anilines is 1. The Labute approximate surface area is 170 Å². The summed E-state index contributed by atoms with van der Waals surface area (Å²) in [5.74, 6) is -5.26. The first-order valence-electron chi connectivity index (χ1n) is 8.86. The Morgan fingerprint density at radius 2 is 1.60 bits per heavy atom. The van der Waals surface area contributed by atoms with Gasteiger partial charge in [-0.1, -0.05) is 30.3 Å². The molecule has 0 aromatic heterocycles. The second kappa shape index (κ2) is 10.1. The number of amidine groups is 1. The van der Waals surface area contributed by atoms with Gasteiger partial charge in [0.05, 0.1) is 12.5 Å². The molecule has 6 N–H and O–H groups in total. The maximum atomic E-state index is 14.0. The molecule has 2 aromatic carbocycles. The Bertz CT molecular complexity index is 944. The van der Waals surface area contributed by atoms with Gasteiger partial charge in [-0.15, -0.1) is 0 Å². The first kappa shape index (κ1) is 22.5. The number of nitrogens with one attached hydrogen (secondary N) is 3. The average Bonchev–Trinajstić information content (AvgIpc) is 2.68. The van der Waals surface area contributed by atoms with Crippen molar-refractivity contribution in [3.05, 3.63) is 65.2 Å². The van der Waals surface area contributed by atoms with Crippen molar-refractivity contribution in [3.63, 3.8) is 0 Å². The zero-order chi connectivity index (χ0) is 22.3. The quantitative estimate of drug-likeness (QED) is 0.313. The molecule has 0 heterocycles. The molecule has 1 atom stereocenters. The summed E-state index contributed by atoms with van der Waals surface area (Å²) in [5, 5.41) is 20.8. The Hall–Kier alpha value is -3.82. The van der Waals surface area contributed by atoms with Gasteiger partial charge in [0.25, 0.3) is 0 Å². The third kappa shape index (κ3) is 6.36. The standard InChI is InChI=1S/C20H20F2N4O4/c21-13-8-12(20(23)24)9-14(22)19(13)26-17(28)7-6-16(27)25-15(10-18(29)30)11-4-2-1-3-5-11/h1-5,8-9,15H,6-7,10H2,(H3,23,24)(H,25,27)(H,26,28)(H,29,30). The van der Waals surface area contributed by atoms with E-state index in [1.165, 1.54) is 0 Å². The molecule has 0 aliphatic carbocycles. The van der Waals surface area contributed by atoms with Crippen molar-refractivity contribution < 1.29 is 28.3 Å².